The minimum Gasteiger partial charge on any atom is -0.240 e. The zero-order chi connectivity index (χ0) is 12.3. The molecular formula is C6H11F3N3O2S+. The van der Waals surface area contributed by atoms with Crippen molar-refractivity contribution in [1.82, 2.24) is 4.57 Å². The second-order valence-corrected chi connectivity index (χ2v) is 4.29. The van der Waals surface area contributed by atoms with Gasteiger partial charge in [-0.05, 0) is 0 Å². The summed E-state index contributed by atoms with van der Waals surface area (Å²) in [5.74, 6) is 0. The standard InChI is InChI=1S/C5H9N2.CH2F3NO2S/c1-6-3-4-7(2)5-6;2-1(3,4)8(5,6)7/h3-5H,1-2H3;(H2,5,6,7)/q+1;. The van der Waals surface area contributed by atoms with E-state index in [0.717, 1.165) is 0 Å². The molecule has 0 radical (unpaired) electrons. The maximum atomic E-state index is 10.8. The second-order valence-electron chi connectivity index (χ2n) is 2.74. The Kier molecular flexibility index (Phi) is 4.28. The summed E-state index contributed by atoms with van der Waals surface area (Å²) in [4.78, 5) is 0. The van der Waals surface area contributed by atoms with E-state index < -0.39 is 15.5 Å². The molecule has 0 amide bonds. The molecule has 9 heteroatoms. The van der Waals surface area contributed by atoms with Gasteiger partial charge in [0.25, 0.3) is 0 Å². The number of nitrogens with two attached hydrogens (primary N) is 1. The molecule has 0 unspecified atom stereocenters. The highest BCUT2D eigenvalue weighted by molar-refractivity contribution is 7.90. The van der Waals surface area contributed by atoms with E-state index in [1.165, 1.54) is 0 Å². The van der Waals surface area contributed by atoms with Crippen molar-refractivity contribution in [2.75, 3.05) is 0 Å². The number of aryl methyl sites for hydroxylation is 2. The summed E-state index contributed by atoms with van der Waals surface area (Å²) in [6.07, 6.45) is 6.00. The predicted octanol–water partition coefficient (Wildman–Crippen LogP) is -0.356. The lowest BCUT2D eigenvalue weighted by Gasteiger charge is -1.98. The van der Waals surface area contributed by atoms with E-state index in [9.17, 15) is 21.6 Å². The van der Waals surface area contributed by atoms with Gasteiger partial charge in [-0.1, -0.05) is 0 Å². The highest BCUT2D eigenvalue weighted by Crippen LogP contribution is 2.18. The highest BCUT2D eigenvalue weighted by atomic mass is 32.2. The molecule has 0 aliphatic carbocycles. The monoisotopic (exact) mass is 246 g/mol. The number of sulfonamides is 1. The second kappa shape index (κ2) is 4.62. The number of primary sulfonamides is 1. The molecule has 0 aromatic carbocycles. The van der Waals surface area contributed by atoms with E-state index >= 15 is 0 Å². The van der Waals surface area contributed by atoms with Crippen molar-refractivity contribution in [2.24, 2.45) is 19.2 Å². The van der Waals surface area contributed by atoms with E-state index in [-0.39, 0.29) is 0 Å². The molecule has 0 spiro atoms. The van der Waals surface area contributed by atoms with Crippen LogP contribution >= 0.6 is 0 Å². The van der Waals surface area contributed by atoms with E-state index in [0.29, 0.717) is 0 Å². The molecule has 0 saturated heterocycles. The Morgan fingerprint density at radius 2 is 1.80 bits per heavy atom. The average Bonchev–Trinajstić information content (AvgIpc) is 2.31. The largest absolute Gasteiger partial charge is 0.511 e. The Morgan fingerprint density at radius 1 is 1.40 bits per heavy atom. The van der Waals surface area contributed by atoms with Gasteiger partial charge in [-0.25, -0.2) is 22.7 Å². The van der Waals surface area contributed by atoms with Crippen LogP contribution in [0, 0.1) is 0 Å². The van der Waals surface area contributed by atoms with Crippen LogP contribution in [0.1, 0.15) is 0 Å². The number of imidazole rings is 1. The van der Waals surface area contributed by atoms with Crippen LogP contribution < -0.4 is 9.71 Å². The first-order chi connectivity index (χ1) is 6.54. The minimum atomic E-state index is -5.34. The van der Waals surface area contributed by atoms with Gasteiger partial charge in [0.05, 0.1) is 14.1 Å². The van der Waals surface area contributed by atoms with Crippen LogP contribution in [-0.4, -0.2) is 18.5 Å². The summed E-state index contributed by atoms with van der Waals surface area (Å²) < 4.78 is 55.2. The topological polar surface area (TPSA) is 69.0 Å². The normalized spacial score (nSPS) is 11.9. The Bertz CT molecular complexity index is 393. The summed E-state index contributed by atoms with van der Waals surface area (Å²) in [7, 11) is -1.34. The number of nitrogens with zero attached hydrogens (tertiary/aromatic N) is 2. The molecule has 1 heterocycles. The summed E-state index contributed by atoms with van der Waals surface area (Å²) in [6.45, 7) is 0. The van der Waals surface area contributed by atoms with E-state index in [4.69, 9.17) is 0 Å². The van der Waals surface area contributed by atoms with Crippen LogP contribution in [0.3, 0.4) is 0 Å². The van der Waals surface area contributed by atoms with Gasteiger partial charge >= 0.3 is 15.5 Å². The van der Waals surface area contributed by atoms with Gasteiger partial charge in [0, 0.05) is 0 Å². The van der Waals surface area contributed by atoms with Crippen LogP contribution in [0.5, 0.6) is 0 Å². The van der Waals surface area contributed by atoms with Gasteiger partial charge in [-0.3, -0.25) is 0 Å². The third-order valence-corrected chi connectivity index (χ3v) is 1.87. The van der Waals surface area contributed by atoms with Crippen LogP contribution in [0.25, 0.3) is 0 Å². The molecule has 1 rings (SSSR count). The molecule has 5 nitrogen and oxygen atoms in total. The quantitative estimate of drug-likeness (QED) is 0.635. The van der Waals surface area contributed by atoms with Crippen molar-refractivity contribution in [3.63, 3.8) is 0 Å². The Balaban J connectivity index is 0.000000262. The minimum absolute atomic E-state index is 2.00. The number of halogens is 3. The molecule has 0 aliphatic heterocycles. The van der Waals surface area contributed by atoms with Crippen molar-refractivity contribution in [3.05, 3.63) is 18.7 Å². The molecule has 0 fully saturated rings. The van der Waals surface area contributed by atoms with Gasteiger partial charge in [-0.2, -0.15) is 13.2 Å². The molecule has 1 aromatic rings. The van der Waals surface area contributed by atoms with Gasteiger partial charge in [0.15, 0.2) is 0 Å². The number of hydrogen-bond donors (Lipinski definition) is 1. The lowest BCUT2D eigenvalue weighted by molar-refractivity contribution is -0.670. The Labute approximate surface area is 85.0 Å². The molecule has 0 bridgehead atoms. The van der Waals surface area contributed by atoms with Crippen molar-refractivity contribution in [2.45, 2.75) is 5.51 Å². The molecule has 0 atom stereocenters. The van der Waals surface area contributed by atoms with E-state index in [1.807, 2.05) is 42.0 Å². The summed E-state index contributed by atoms with van der Waals surface area (Å²) >= 11 is 0. The maximum Gasteiger partial charge on any atom is 0.511 e. The van der Waals surface area contributed by atoms with E-state index in [2.05, 4.69) is 5.14 Å². The molecular weight excluding hydrogens is 235 g/mol. The predicted molar refractivity (Wildman–Crippen MR) is 45.8 cm³/mol. The molecule has 2 N–H and O–H groups in total. The summed E-state index contributed by atoms with van der Waals surface area (Å²) in [5, 5.41) is 3.66. The third kappa shape index (κ3) is 5.37. The number of hydrogen-bond acceptors (Lipinski definition) is 2. The SMILES string of the molecule is Cn1cc[n+](C)c1.NS(=O)(=O)C(F)(F)F. The Morgan fingerprint density at radius 3 is 1.87 bits per heavy atom. The fourth-order valence-electron chi connectivity index (χ4n) is 0.575. The van der Waals surface area contributed by atoms with E-state index in [1.54, 1.807) is 0 Å². The lowest BCUT2D eigenvalue weighted by Crippen LogP contribution is -2.30. The highest BCUT2D eigenvalue weighted by Gasteiger charge is 2.42. The number of aromatic nitrogens is 2. The maximum absolute atomic E-state index is 10.8. The summed E-state index contributed by atoms with van der Waals surface area (Å²) in [5.41, 5.74) is -5.31. The molecule has 0 aliphatic rings. The first-order valence-corrected chi connectivity index (χ1v) is 5.15. The van der Waals surface area contributed by atoms with Gasteiger partial charge in [0.2, 0.25) is 6.33 Å². The third-order valence-electron chi connectivity index (χ3n) is 1.22. The van der Waals surface area contributed by atoms with Crippen LogP contribution in [0.15, 0.2) is 18.7 Å². The van der Waals surface area contributed by atoms with Crippen LogP contribution in [-0.2, 0) is 24.1 Å². The van der Waals surface area contributed by atoms with Crippen molar-refractivity contribution in [3.8, 4) is 0 Å². The van der Waals surface area contributed by atoms with Crippen molar-refractivity contribution < 1.29 is 26.2 Å². The molecule has 1 aromatic heterocycles. The molecule has 88 valence electrons. The van der Waals surface area contributed by atoms with Crippen molar-refractivity contribution >= 4 is 10.0 Å². The fraction of sp³-hybridized carbons (Fsp3) is 0.500. The van der Waals surface area contributed by atoms with Gasteiger partial charge in [0.1, 0.15) is 12.4 Å². The Hall–Kier alpha value is -1.09. The summed E-state index contributed by atoms with van der Waals surface area (Å²) in [6, 6.07) is 0. The van der Waals surface area contributed by atoms with Crippen LogP contribution in [0.4, 0.5) is 13.2 Å². The fourth-order valence-corrected chi connectivity index (χ4v) is 0.575. The number of rotatable bonds is 0. The first-order valence-electron chi connectivity index (χ1n) is 3.60. The zero-order valence-electron chi connectivity index (χ0n) is 8.06. The van der Waals surface area contributed by atoms with Crippen LogP contribution in [0.2, 0.25) is 0 Å². The van der Waals surface area contributed by atoms with Gasteiger partial charge in [-0.15, -0.1) is 0 Å². The zero-order valence-corrected chi connectivity index (χ0v) is 8.88. The lowest BCUT2D eigenvalue weighted by atomic mass is 10.9. The number of alkyl halides is 3. The first kappa shape index (κ1) is 13.9. The van der Waals surface area contributed by atoms with Gasteiger partial charge < -0.3 is 0 Å². The smallest absolute Gasteiger partial charge is 0.240 e. The molecule has 0 saturated carbocycles. The van der Waals surface area contributed by atoms with Crippen molar-refractivity contribution in [1.29, 1.82) is 0 Å². The average molecular weight is 246 g/mol. The molecule has 15 heavy (non-hydrogen) atoms.